The minimum Gasteiger partial charge on any atom is -0.478 e. The third-order valence-electron chi connectivity index (χ3n) is 1.03. The van der Waals surface area contributed by atoms with Gasteiger partial charge in [-0.15, -0.1) is 0 Å². The Bertz CT molecular complexity index is 288. The van der Waals surface area contributed by atoms with E-state index in [1.165, 1.54) is 0 Å². The molecule has 1 rings (SSSR count). The summed E-state index contributed by atoms with van der Waals surface area (Å²) in [6, 6.07) is 5.72. The van der Waals surface area contributed by atoms with Crippen molar-refractivity contribution in [3.05, 3.63) is 43.2 Å². The number of aromatic nitrogens is 1. The molecular formula is C11H16N2O4. The minimum absolute atomic E-state index is 0.356. The molecule has 6 nitrogen and oxygen atoms in total. The number of ether oxygens (including phenoxy) is 1. The quantitative estimate of drug-likeness (QED) is 0.761. The molecule has 0 unspecified atom stereocenters. The molecule has 0 bridgehead atoms. The number of hydrogen-bond donors (Lipinski definition) is 2. The Kier molecular flexibility index (Phi) is 13.7. The highest BCUT2D eigenvalue weighted by atomic mass is 16.5. The monoisotopic (exact) mass is 240 g/mol. The van der Waals surface area contributed by atoms with E-state index in [1.54, 1.807) is 19.3 Å². The molecule has 0 aromatic carbocycles. The molecule has 17 heavy (non-hydrogen) atoms. The van der Waals surface area contributed by atoms with Crippen molar-refractivity contribution in [2.24, 2.45) is 5.73 Å². The number of amides is 1. The Morgan fingerprint density at radius 3 is 1.94 bits per heavy atom. The average Bonchev–Trinajstić information content (AvgIpc) is 2.32. The number of carbonyl (C=O) groups is 2. The third kappa shape index (κ3) is 24.8. The van der Waals surface area contributed by atoms with Crippen LogP contribution in [-0.2, 0) is 9.53 Å². The number of rotatable bonds is 2. The molecule has 1 aromatic rings. The number of carboxylic acid groups (broad SMARTS) is 1. The summed E-state index contributed by atoms with van der Waals surface area (Å²) in [7, 11) is 0. The number of pyridine rings is 1. The van der Waals surface area contributed by atoms with Crippen LogP contribution in [0.3, 0.4) is 0 Å². The zero-order valence-corrected chi connectivity index (χ0v) is 9.57. The van der Waals surface area contributed by atoms with E-state index in [1.807, 2.05) is 18.2 Å². The van der Waals surface area contributed by atoms with Gasteiger partial charge in [-0.1, -0.05) is 12.6 Å². The summed E-state index contributed by atoms with van der Waals surface area (Å²) < 4.78 is 4.18. The standard InChI is InChI=1S/C5H5N.C3H7NO2.C3H4O2/c1-2-4-6-5-3-1;1-2-6-3(4)5;1-2-3(4)5/h1-5H;2H2,1H3,(H2,4,5);2H,1H2,(H,4,5). The predicted octanol–water partition coefficient (Wildman–Crippen LogP) is 1.44. The lowest BCUT2D eigenvalue weighted by atomic mass is 10.5. The van der Waals surface area contributed by atoms with Crippen molar-refractivity contribution < 1.29 is 19.4 Å². The molecular weight excluding hydrogens is 224 g/mol. The maximum absolute atomic E-state index is 9.60. The first-order chi connectivity index (χ1) is 8.04. The highest BCUT2D eigenvalue weighted by molar-refractivity contribution is 5.78. The van der Waals surface area contributed by atoms with Gasteiger partial charge in [-0.3, -0.25) is 4.98 Å². The molecule has 1 amide bonds. The number of carbonyl (C=O) groups excluding carboxylic acids is 1. The summed E-state index contributed by atoms with van der Waals surface area (Å²) in [4.78, 5) is 22.6. The second-order valence-corrected chi connectivity index (χ2v) is 2.32. The molecule has 94 valence electrons. The van der Waals surface area contributed by atoms with Crippen molar-refractivity contribution in [3.8, 4) is 0 Å². The Balaban J connectivity index is 0. The number of nitrogens with two attached hydrogens (primary N) is 1. The minimum atomic E-state index is -0.981. The van der Waals surface area contributed by atoms with Crippen LogP contribution in [0.4, 0.5) is 4.79 Å². The number of carboxylic acids is 1. The highest BCUT2D eigenvalue weighted by Gasteiger charge is 1.82. The molecule has 0 radical (unpaired) electrons. The fourth-order valence-corrected chi connectivity index (χ4v) is 0.455. The number of hydrogen-bond acceptors (Lipinski definition) is 4. The van der Waals surface area contributed by atoms with Crippen LogP contribution in [0.1, 0.15) is 6.92 Å². The van der Waals surface area contributed by atoms with Gasteiger partial charge in [0.05, 0.1) is 6.61 Å². The topological polar surface area (TPSA) is 103 Å². The van der Waals surface area contributed by atoms with Crippen molar-refractivity contribution >= 4 is 12.1 Å². The summed E-state index contributed by atoms with van der Waals surface area (Å²) in [5, 5.41) is 7.60. The molecule has 0 spiro atoms. The van der Waals surface area contributed by atoms with Gasteiger partial charge in [0.2, 0.25) is 0 Å². The first-order valence-corrected chi connectivity index (χ1v) is 4.67. The second-order valence-electron chi connectivity index (χ2n) is 2.32. The lowest BCUT2D eigenvalue weighted by Crippen LogP contribution is -2.11. The maximum atomic E-state index is 9.60. The highest BCUT2D eigenvalue weighted by Crippen LogP contribution is 1.73. The zero-order chi connectivity index (χ0) is 13.5. The van der Waals surface area contributed by atoms with Crippen LogP contribution in [-0.4, -0.2) is 28.8 Å². The van der Waals surface area contributed by atoms with Crippen molar-refractivity contribution in [3.63, 3.8) is 0 Å². The van der Waals surface area contributed by atoms with Gasteiger partial charge in [0.1, 0.15) is 0 Å². The van der Waals surface area contributed by atoms with Crippen molar-refractivity contribution in [2.75, 3.05) is 6.61 Å². The molecule has 1 aromatic heterocycles. The fourth-order valence-electron chi connectivity index (χ4n) is 0.455. The van der Waals surface area contributed by atoms with Gasteiger partial charge in [-0.2, -0.15) is 0 Å². The van der Waals surface area contributed by atoms with Crippen LogP contribution in [0.5, 0.6) is 0 Å². The molecule has 0 saturated heterocycles. The lowest BCUT2D eigenvalue weighted by Gasteiger charge is -1.89. The molecule has 1 heterocycles. The van der Waals surface area contributed by atoms with Gasteiger partial charge in [-0.25, -0.2) is 9.59 Å². The predicted molar refractivity (Wildman–Crippen MR) is 63.3 cm³/mol. The second kappa shape index (κ2) is 13.6. The van der Waals surface area contributed by atoms with E-state index in [-0.39, 0.29) is 0 Å². The average molecular weight is 240 g/mol. The first kappa shape index (κ1) is 17.0. The van der Waals surface area contributed by atoms with Gasteiger partial charge in [0.25, 0.3) is 0 Å². The summed E-state index contributed by atoms with van der Waals surface area (Å²) >= 11 is 0. The van der Waals surface area contributed by atoms with E-state index in [0.29, 0.717) is 6.61 Å². The number of primary amides is 1. The molecule has 0 aliphatic heterocycles. The van der Waals surface area contributed by atoms with E-state index in [9.17, 15) is 9.59 Å². The molecule has 0 fully saturated rings. The van der Waals surface area contributed by atoms with Gasteiger partial charge in [0, 0.05) is 18.5 Å². The van der Waals surface area contributed by atoms with E-state index in [2.05, 4.69) is 22.0 Å². The SMILES string of the molecule is C=CC(=O)O.CCOC(N)=O.c1ccncc1. The van der Waals surface area contributed by atoms with Crippen molar-refractivity contribution in [1.82, 2.24) is 4.98 Å². The Morgan fingerprint density at radius 1 is 1.41 bits per heavy atom. The van der Waals surface area contributed by atoms with E-state index in [0.717, 1.165) is 6.08 Å². The van der Waals surface area contributed by atoms with Crippen LogP contribution in [0.2, 0.25) is 0 Å². The van der Waals surface area contributed by atoms with E-state index >= 15 is 0 Å². The maximum Gasteiger partial charge on any atom is 0.404 e. The lowest BCUT2D eigenvalue weighted by molar-refractivity contribution is -0.131. The molecule has 0 aliphatic carbocycles. The van der Waals surface area contributed by atoms with Gasteiger partial charge in [0.15, 0.2) is 0 Å². The third-order valence-corrected chi connectivity index (χ3v) is 1.03. The molecule has 0 saturated carbocycles. The van der Waals surface area contributed by atoms with E-state index < -0.39 is 12.1 Å². The fraction of sp³-hybridized carbons (Fsp3) is 0.182. The first-order valence-electron chi connectivity index (χ1n) is 4.67. The Morgan fingerprint density at radius 2 is 1.88 bits per heavy atom. The van der Waals surface area contributed by atoms with Crippen LogP contribution >= 0.6 is 0 Å². The number of nitrogens with zero attached hydrogens (tertiary/aromatic N) is 1. The van der Waals surface area contributed by atoms with Crippen molar-refractivity contribution in [1.29, 1.82) is 0 Å². The summed E-state index contributed by atoms with van der Waals surface area (Å²) in [5.74, 6) is -0.981. The summed E-state index contributed by atoms with van der Waals surface area (Å²) in [6.07, 6.45) is 3.62. The number of aliphatic carboxylic acids is 1. The van der Waals surface area contributed by atoms with Gasteiger partial charge >= 0.3 is 12.1 Å². The Labute approximate surface area is 99.7 Å². The molecule has 6 heteroatoms. The van der Waals surface area contributed by atoms with Crippen LogP contribution in [0, 0.1) is 0 Å². The van der Waals surface area contributed by atoms with Crippen LogP contribution < -0.4 is 5.73 Å². The molecule has 3 N–H and O–H groups in total. The van der Waals surface area contributed by atoms with E-state index in [4.69, 9.17) is 5.11 Å². The Hall–Kier alpha value is -2.37. The molecule has 0 aliphatic rings. The van der Waals surface area contributed by atoms with Gasteiger partial charge < -0.3 is 15.6 Å². The molecule has 0 atom stereocenters. The van der Waals surface area contributed by atoms with Gasteiger partial charge in [-0.05, 0) is 19.1 Å². The summed E-state index contributed by atoms with van der Waals surface area (Å²) in [6.45, 7) is 5.02. The zero-order valence-electron chi connectivity index (χ0n) is 9.57. The summed E-state index contributed by atoms with van der Waals surface area (Å²) in [5.41, 5.74) is 4.54. The largest absolute Gasteiger partial charge is 0.478 e. The smallest absolute Gasteiger partial charge is 0.404 e. The van der Waals surface area contributed by atoms with Crippen molar-refractivity contribution in [2.45, 2.75) is 6.92 Å². The van der Waals surface area contributed by atoms with Crippen LogP contribution in [0.15, 0.2) is 43.2 Å². The normalized spacial score (nSPS) is 7.35. The van der Waals surface area contributed by atoms with Crippen LogP contribution in [0.25, 0.3) is 0 Å².